The van der Waals surface area contributed by atoms with Gasteiger partial charge < -0.3 is 14.7 Å². The van der Waals surface area contributed by atoms with Crippen molar-refractivity contribution < 1.29 is 9.84 Å². The molecular weight excluding hydrogens is 384 g/mol. The molecule has 174 valence electrons. The number of nitrogens with zero attached hydrogens (tertiary/aromatic N) is 2. The molecule has 1 N–H and O–H groups in total. The lowest BCUT2D eigenvalue weighted by molar-refractivity contribution is 0.164. The van der Waals surface area contributed by atoms with Crippen LogP contribution >= 0.6 is 0 Å². The SMILES string of the molecule is CCCCN(CCCC)CCCCCCCCC(O)c1ccnc2ccc(OC)cc12. The number of unbranched alkanes of at least 4 members (excludes halogenated alkanes) is 7. The molecule has 0 saturated heterocycles. The number of fused-ring (bicyclic) bond motifs is 1. The minimum atomic E-state index is -0.441. The van der Waals surface area contributed by atoms with Gasteiger partial charge in [0, 0.05) is 11.6 Å². The molecule has 0 spiro atoms. The maximum atomic E-state index is 10.8. The average molecular weight is 429 g/mol. The molecule has 2 aromatic rings. The van der Waals surface area contributed by atoms with Crippen molar-refractivity contribution in [2.24, 2.45) is 0 Å². The number of aliphatic hydroxyl groups is 1. The molecular formula is C27H44N2O2. The van der Waals surface area contributed by atoms with E-state index in [2.05, 4.69) is 23.7 Å². The molecule has 1 atom stereocenters. The molecule has 0 amide bonds. The highest BCUT2D eigenvalue weighted by Gasteiger charge is 2.12. The lowest BCUT2D eigenvalue weighted by Gasteiger charge is -2.21. The molecule has 1 heterocycles. The molecule has 0 fully saturated rings. The van der Waals surface area contributed by atoms with E-state index in [1.165, 1.54) is 77.4 Å². The molecule has 4 nitrogen and oxygen atoms in total. The van der Waals surface area contributed by atoms with E-state index in [0.29, 0.717) is 0 Å². The van der Waals surface area contributed by atoms with Crippen LogP contribution in [0.15, 0.2) is 30.5 Å². The van der Waals surface area contributed by atoms with Gasteiger partial charge in [0.25, 0.3) is 0 Å². The molecule has 1 aromatic carbocycles. The predicted octanol–water partition coefficient (Wildman–Crippen LogP) is 6.91. The smallest absolute Gasteiger partial charge is 0.119 e. The summed E-state index contributed by atoms with van der Waals surface area (Å²) in [5, 5.41) is 11.7. The number of ether oxygens (including phenoxy) is 1. The zero-order valence-corrected chi connectivity index (χ0v) is 20.1. The van der Waals surface area contributed by atoms with Gasteiger partial charge in [0.1, 0.15) is 5.75 Å². The van der Waals surface area contributed by atoms with E-state index < -0.39 is 6.10 Å². The Kier molecular flexibility index (Phi) is 12.6. The Morgan fingerprint density at radius 2 is 1.52 bits per heavy atom. The topological polar surface area (TPSA) is 45.6 Å². The summed E-state index contributed by atoms with van der Waals surface area (Å²) in [6.45, 7) is 8.36. The Bertz CT molecular complexity index is 726. The molecule has 0 aliphatic heterocycles. The largest absolute Gasteiger partial charge is 0.497 e. The van der Waals surface area contributed by atoms with Crippen molar-refractivity contribution in [2.75, 3.05) is 26.7 Å². The van der Waals surface area contributed by atoms with E-state index in [0.717, 1.165) is 35.1 Å². The number of benzene rings is 1. The predicted molar refractivity (Wildman–Crippen MR) is 132 cm³/mol. The van der Waals surface area contributed by atoms with E-state index in [1.54, 1.807) is 13.3 Å². The second kappa shape index (κ2) is 15.2. The van der Waals surface area contributed by atoms with Gasteiger partial charge in [0.05, 0.1) is 18.7 Å². The summed E-state index contributed by atoms with van der Waals surface area (Å²) in [6.07, 6.45) is 14.9. The van der Waals surface area contributed by atoms with Crippen molar-refractivity contribution in [2.45, 2.75) is 90.6 Å². The lowest BCUT2D eigenvalue weighted by Crippen LogP contribution is -2.27. The number of rotatable bonds is 17. The van der Waals surface area contributed by atoms with Gasteiger partial charge in [-0.2, -0.15) is 0 Å². The summed E-state index contributed by atoms with van der Waals surface area (Å²) in [7, 11) is 1.67. The van der Waals surface area contributed by atoms with Crippen LogP contribution in [0.4, 0.5) is 0 Å². The second-order valence-corrected chi connectivity index (χ2v) is 8.76. The third kappa shape index (κ3) is 9.16. The van der Waals surface area contributed by atoms with Crippen LogP contribution in [0.5, 0.6) is 5.75 Å². The molecule has 1 aromatic heterocycles. The highest BCUT2D eigenvalue weighted by molar-refractivity contribution is 5.83. The number of methoxy groups -OCH3 is 1. The fourth-order valence-corrected chi connectivity index (χ4v) is 4.20. The average Bonchev–Trinajstić information content (AvgIpc) is 2.80. The molecule has 0 aliphatic carbocycles. The molecule has 2 rings (SSSR count). The number of pyridine rings is 1. The van der Waals surface area contributed by atoms with Gasteiger partial charge >= 0.3 is 0 Å². The molecule has 0 saturated carbocycles. The van der Waals surface area contributed by atoms with Crippen molar-refractivity contribution in [3.05, 3.63) is 36.0 Å². The van der Waals surface area contributed by atoms with E-state index >= 15 is 0 Å². The van der Waals surface area contributed by atoms with Gasteiger partial charge in [-0.3, -0.25) is 4.98 Å². The maximum Gasteiger partial charge on any atom is 0.119 e. The minimum absolute atomic E-state index is 0.441. The summed E-state index contributed by atoms with van der Waals surface area (Å²) in [5.41, 5.74) is 1.87. The molecule has 0 radical (unpaired) electrons. The summed E-state index contributed by atoms with van der Waals surface area (Å²) >= 11 is 0. The first-order chi connectivity index (χ1) is 15.2. The van der Waals surface area contributed by atoms with Crippen LogP contribution in [0.3, 0.4) is 0 Å². The molecule has 4 heteroatoms. The summed E-state index contributed by atoms with van der Waals surface area (Å²) < 4.78 is 5.34. The quantitative estimate of drug-likeness (QED) is 0.278. The van der Waals surface area contributed by atoms with Crippen LogP contribution in [-0.2, 0) is 0 Å². The number of aliphatic hydroxyl groups excluding tert-OH is 1. The van der Waals surface area contributed by atoms with Crippen LogP contribution in [0.1, 0.15) is 96.1 Å². The van der Waals surface area contributed by atoms with Gasteiger partial charge in [-0.1, -0.05) is 58.8 Å². The van der Waals surface area contributed by atoms with Crippen molar-refractivity contribution in [3.8, 4) is 5.75 Å². The van der Waals surface area contributed by atoms with Gasteiger partial charge in [0.15, 0.2) is 0 Å². The molecule has 1 unspecified atom stereocenters. The summed E-state index contributed by atoms with van der Waals surface area (Å²) in [6, 6.07) is 7.79. The minimum Gasteiger partial charge on any atom is -0.497 e. The Morgan fingerprint density at radius 1 is 0.871 bits per heavy atom. The standard InChI is InChI=1S/C27H44N2O2/c1-4-6-19-29(20-7-5-2)21-13-11-9-8-10-12-14-27(30)24-17-18-28-26-16-15-23(31-3)22-25(24)26/h15-18,22,27,30H,4-14,19-21H2,1-3H3. The first-order valence-electron chi connectivity index (χ1n) is 12.5. The zero-order chi connectivity index (χ0) is 22.3. The fourth-order valence-electron chi connectivity index (χ4n) is 4.20. The molecule has 31 heavy (non-hydrogen) atoms. The third-order valence-corrected chi connectivity index (χ3v) is 6.20. The highest BCUT2D eigenvalue weighted by Crippen LogP contribution is 2.29. The number of hydrogen-bond donors (Lipinski definition) is 1. The highest BCUT2D eigenvalue weighted by atomic mass is 16.5. The maximum absolute atomic E-state index is 10.8. The van der Waals surface area contributed by atoms with Crippen molar-refractivity contribution in [1.82, 2.24) is 9.88 Å². The van der Waals surface area contributed by atoms with Crippen LogP contribution in [0.2, 0.25) is 0 Å². The monoisotopic (exact) mass is 428 g/mol. The Labute approximate surface area is 190 Å². The Balaban J connectivity index is 1.65. The first-order valence-corrected chi connectivity index (χ1v) is 12.5. The second-order valence-electron chi connectivity index (χ2n) is 8.76. The summed E-state index contributed by atoms with van der Waals surface area (Å²) in [4.78, 5) is 7.08. The van der Waals surface area contributed by atoms with Crippen molar-refractivity contribution in [3.63, 3.8) is 0 Å². The van der Waals surface area contributed by atoms with E-state index in [1.807, 2.05) is 24.3 Å². The van der Waals surface area contributed by atoms with Gasteiger partial charge in [-0.25, -0.2) is 0 Å². The van der Waals surface area contributed by atoms with E-state index in [4.69, 9.17) is 4.74 Å². The Morgan fingerprint density at radius 3 is 2.19 bits per heavy atom. The molecule has 0 bridgehead atoms. The van der Waals surface area contributed by atoms with Gasteiger partial charge in [-0.15, -0.1) is 0 Å². The van der Waals surface area contributed by atoms with Crippen LogP contribution in [0.25, 0.3) is 10.9 Å². The van der Waals surface area contributed by atoms with Crippen LogP contribution < -0.4 is 4.74 Å². The van der Waals surface area contributed by atoms with E-state index in [-0.39, 0.29) is 0 Å². The van der Waals surface area contributed by atoms with Gasteiger partial charge in [-0.05, 0) is 75.1 Å². The third-order valence-electron chi connectivity index (χ3n) is 6.20. The van der Waals surface area contributed by atoms with Crippen molar-refractivity contribution in [1.29, 1.82) is 0 Å². The number of aromatic nitrogens is 1. The van der Waals surface area contributed by atoms with Gasteiger partial charge in [0.2, 0.25) is 0 Å². The van der Waals surface area contributed by atoms with Crippen LogP contribution in [0, 0.1) is 0 Å². The van der Waals surface area contributed by atoms with E-state index in [9.17, 15) is 5.11 Å². The number of hydrogen-bond acceptors (Lipinski definition) is 4. The fraction of sp³-hybridized carbons (Fsp3) is 0.667. The normalized spacial score (nSPS) is 12.5. The first kappa shape index (κ1) is 25.6. The molecule has 0 aliphatic rings. The van der Waals surface area contributed by atoms with Crippen molar-refractivity contribution >= 4 is 10.9 Å². The summed E-state index contributed by atoms with van der Waals surface area (Å²) in [5.74, 6) is 0.803. The lowest BCUT2D eigenvalue weighted by atomic mass is 9.99. The van der Waals surface area contributed by atoms with Crippen LogP contribution in [-0.4, -0.2) is 41.7 Å². The zero-order valence-electron chi connectivity index (χ0n) is 20.1. The Hall–Kier alpha value is -1.65.